The molecule has 0 aliphatic carbocycles. The highest BCUT2D eigenvalue weighted by Crippen LogP contribution is 2.26. The van der Waals surface area contributed by atoms with Gasteiger partial charge in [0.25, 0.3) is 0 Å². The van der Waals surface area contributed by atoms with Crippen molar-refractivity contribution >= 4 is 11.0 Å². The van der Waals surface area contributed by atoms with Crippen LogP contribution in [-0.4, -0.2) is 27.3 Å². The molecule has 0 spiro atoms. The average molecular weight is 336 g/mol. The fourth-order valence-corrected chi connectivity index (χ4v) is 3.39. The Hall–Kier alpha value is -2.75. The van der Waals surface area contributed by atoms with E-state index in [1.807, 2.05) is 36.4 Å². The second-order valence-corrected chi connectivity index (χ2v) is 6.28. The second kappa shape index (κ2) is 6.63. The van der Waals surface area contributed by atoms with Gasteiger partial charge in [-0.2, -0.15) is 0 Å². The molecule has 1 aliphatic rings. The highest BCUT2D eigenvalue weighted by molar-refractivity contribution is 5.80. The van der Waals surface area contributed by atoms with Gasteiger partial charge in [0, 0.05) is 18.4 Å². The number of methoxy groups -OCH3 is 2. The molecule has 0 atom stereocenters. The number of hydrogen-bond donors (Lipinski definition) is 0. The Balaban J connectivity index is 1.96. The molecule has 1 fully saturated rings. The van der Waals surface area contributed by atoms with Gasteiger partial charge in [0.2, 0.25) is 5.36 Å². The van der Waals surface area contributed by atoms with Crippen LogP contribution in [0, 0.1) is 0 Å². The molecule has 1 aromatic heterocycles. The normalized spacial score (nSPS) is 14.1. The Labute approximate surface area is 146 Å². The molecule has 0 bridgehead atoms. The SMILES string of the molecule is COc1ccc(-c2cc(=[N+]3CCCC3)c3cc(OC)ccc3o2)cc1. The predicted molar refractivity (Wildman–Crippen MR) is 99.0 cm³/mol. The molecule has 128 valence electrons. The number of rotatable bonds is 3. The third kappa shape index (κ3) is 3.00. The first-order valence-corrected chi connectivity index (χ1v) is 8.63. The maximum Gasteiger partial charge on any atom is 0.214 e. The minimum absolute atomic E-state index is 0.842. The first-order valence-electron chi connectivity index (χ1n) is 8.63. The molecule has 4 nitrogen and oxygen atoms in total. The number of hydrogen-bond acceptors (Lipinski definition) is 3. The molecule has 3 aromatic rings. The fraction of sp³-hybridized carbons (Fsp3) is 0.286. The smallest absolute Gasteiger partial charge is 0.214 e. The van der Waals surface area contributed by atoms with Gasteiger partial charge >= 0.3 is 0 Å². The number of benzene rings is 2. The van der Waals surface area contributed by atoms with E-state index in [9.17, 15) is 0 Å². The maximum absolute atomic E-state index is 6.20. The van der Waals surface area contributed by atoms with Crippen molar-refractivity contribution in [2.45, 2.75) is 12.8 Å². The molecule has 0 radical (unpaired) electrons. The predicted octanol–water partition coefficient (Wildman–Crippen LogP) is 3.68. The van der Waals surface area contributed by atoms with Crippen molar-refractivity contribution in [1.82, 2.24) is 4.58 Å². The topological polar surface area (TPSA) is 34.6 Å². The van der Waals surface area contributed by atoms with Gasteiger partial charge in [0.05, 0.1) is 25.7 Å². The van der Waals surface area contributed by atoms with Crippen LogP contribution in [-0.2, 0) is 0 Å². The van der Waals surface area contributed by atoms with E-state index < -0.39 is 0 Å². The lowest BCUT2D eigenvalue weighted by atomic mass is 10.1. The molecule has 0 N–H and O–H groups in total. The largest absolute Gasteiger partial charge is 0.497 e. The molecule has 0 saturated carbocycles. The zero-order chi connectivity index (χ0) is 17.2. The Kier molecular flexibility index (Phi) is 4.18. The van der Waals surface area contributed by atoms with Crippen LogP contribution in [0.3, 0.4) is 0 Å². The van der Waals surface area contributed by atoms with Crippen molar-refractivity contribution in [2.75, 3.05) is 27.3 Å². The Morgan fingerprint density at radius 2 is 1.52 bits per heavy atom. The van der Waals surface area contributed by atoms with E-state index in [4.69, 9.17) is 13.9 Å². The fourth-order valence-electron chi connectivity index (χ4n) is 3.39. The van der Waals surface area contributed by atoms with E-state index >= 15 is 0 Å². The molecule has 4 rings (SSSR count). The van der Waals surface area contributed by atoms with E-state index in [2.05, 4.69) is 16.7 Å². The summed E-state index contributed by atoms with van der Waals surface area (Å²) < 4.78 is 19.3. The van der Waals surface area contributed by atoms with Crippen molar-refractivity contribution in [3.8, 4) is 22.8 Å². The van der Waals surface area contributed by atoms with E-state index in [-0.39, 0.29) is 0 Å². The minimum atomic E-state index is 0.842. The van der Waals surface area contributed by atoms with Gasteiger partial charge in [-0.15, -0.1) is 0 Å². The minimum Gasteiger partial charge on any atom is -0.497 e. The van der Waals surface area contributed by atoms with E-state index in [1.165, 1.54) is 18.2 Å². The Bertz CT molecular complexity index is 963. The Morgan fingerprint density at radius 3 is 2.20 bits per heavy atom. The third-order valence-corrected chi connectivity index (χ3v) is 4.77. The van der Waals surface area contributed by atoms with Crippen molar-refractivity contribution in [1.29, 1.82) is 0 Å². The summed E-state index contributed by atoms with van der Waals surface area (Å²) >= 11 is 0. The molecule has 1 saturated heterocycles. The molecule has 4 heteroatoms. The van der Waals surface area contributed by atoms with Crippen molar-refractivity contribution in [3.05, 3.63) is 53.9 Å². The number of nitrogens with zero attached hydrogens (tertiary/aromatic N) is 1. The zero-order valence-electron chi connectivity index (χ0n) is 14.6. The highest BCUT2D eigenvalue weighted by Gasteiger charge is 2.18. The summed E-state index contributed by atoms with van der Waals surface area (Å²) in [7, 11) is 3.37. The summed E-state index contributed by atoms with van der Waals surface area (Å²) in [6, 6.07) is 16.1. The van der Waals surface area contributed by atoms with Gasteiger partial charge in [-0.05, 0) is 42.5 Å². The zero-order valence-corrected chi connectivity index (χ0v) is 14.6. The lowest BCUT2D eigenvalue weighted by Crippen LogP contribution is -2.27. The van der Waals surface area contributed by atoms with Crippen LogP contribution >= 0.6 is 0 Å². The average Bonchev–Trinajstić information content (AvgIpc) is 3.21. The standard InChI is InChI=1S/C21H22NO3/c1-23-16-7-5-15(6-8-16)21-14-19(22-11-3-4-12-22)18-13-17(24-2)9-10-20(18)25-21/h5-10,13-14H,3-4,11-12H2,1-2H3/q+1. The van der Waals surface area contributed by atoms with Gasteiger partial charge in [-0.3, -0.25) is 0 Å². The van der Waals surface area contributed by atoms with E-state index in [1.54, 1.807) is 14.2 Å². The lowest BCUT2D eigenvalue weighted by molar-refractivity contribution is 0.414. The summed E-state index contributed by atoms with van der Waals surface area (Å²) in [6.45, 7) is 2.16. The molecule has 0 unspecified atom stereocenters. The molecule has 0 amide bonds. The monoisotopic (exact) mass is 336 g/mol. The van der Waals surface area contributed by atoms with Crippen LogP contribution in [0.1, 0.15) is 12.8 Å². The van der Waals surface area contributed by atoms with Crippen molar-refractivity contribution < 1.29 is 13.9 Å². The van der Waals surface area contributed by atoms with Gasteiger partial charge < -0.3 is 13.9 Å². The summed E-state index contributed by atoms with van der Waals surface area (Å²) in [5.41, 5.74) is 1.91. The van der Waals surface area contributed by atoms with E-state index in [0.29, 0.717) is 0 Å². The first-order chi connectivity index (χ1) is 12.3. The first kappa shape index (κ1) is 15.8. The third-order valence-electron chi connectivity index (χ3n) is 4.77. The molecule has 2 aromatic carbocycles. The molecule has 1 aliphatic heterocycles. The number of fused-ring (bicyclic) bond motifs is 1. The quantitative estimate of drug-likeness (QED) is 0.684. The molecular weight excluding hydrogens is 314 g/mol. The van der Waals surface area contributed by atoms with Gasteiger partial charge in [-0.1, -0.05) is 0 Å². The molecule has 25 heavy (non-hydrogen) atoms. The van der Waals surface area contributed by atoms with Crippen LogP contribution in [0.15, 0.2) is 52.9 Å². The summed E-state index contributed by atoms with van der Waals surface area (Å²) in [6.07, 6.45) is 2.46. The molecule has 2 heterocycles. The summed E-state index contributed by atoms with van der Waals surface area (Å²) in [5, 5.41) is 2.31. The summed E-state index contributed by atoms with van der Waals surface area (Å²) in [5.74, 6) is 2.55. The highest BCUT2D eigenvalue weighted by atomic mass is 16.5. The molecular formula is C21H22NO3+. The maximum atomic E-state index is 6.20. The van der Waals surface area contributed by atoms with Gasteiger partial charge in [0.15, 0.2) is 0 Å². The van der Waals surface area contributed by atoms with Crippen molar-refractivity contribution in [3.63, 3.8) is 0 Å². The summed E-state index contributed by atoms with van der Waals surface area (Å²) in [4.78, 5) is 0. The van der Waals surface area contributed by atoms with Crippen LogP contribution in [0.2, 0.25) is 0 Å². The van der Waals surface area contributed by atoms with Gasteiger partial charge in [0.1, 0.15) is 35.9 Å². The van der Waals surface area contributed by atoms with E-state index in [0.717, 1.165) is 46.9 Å². The van der Waals surface area contributed by atoms with Crippen molar-refractivity contribution in [2.24, 2.45) is 0 Å². The van der Waals surface area contributed by atoms with Crippen LogP contribution in [0.4, 0.5) is 0 Å². The van der Waals surface area contributed by atoms with Crippen LogP contribution < -0.4 is 19.4 Å². The lowest BCUT2D eigenvalue weighted by Gasteiger charge is -2.07. The number of ether oxygens (including phenoxy) is 2. The second-order valence-electron chi connectivity index (χ2n) is 6.28. The van der Waals surface area contributed by atoms with Crippen LogP contribution in [0.25, 0.3) is 22.3 Å². The Morgan fingerprint density at radius 1 is 0.840 bits per heavy atom. The van der Waals surface area contributed by atoms with Gasteiger partial charge in [-0.25, -0.2) is 4.58 Å². The van der Waals surface area contributed by atoms with Crippen LogP contribution in [0.5, 0.6) is 11.5 Å².